The Morgan fingerprint density at radius 3 is 2.75 bits per heavy atom. The van der Waals surface area contributed by atoms with Crippen molar-refractivity contribution in [2.75, 3.05) is 20.3 Å². The average molecular weight is 281 g/mol. The lowest BCUT2D eigenvalue weighted by Gasteiger charge is -2.21. The SMILES string of the molecule is COc1ccc(/C=C/C(=O)NCC(C)(C)CO)cc1F. The molecule has 0 aliphatic rings. The van der Waals surface area contributed by atoms with Crippen LogP contribution in [0.3, 0.4) is 0 Å². The predicted octanol–water partition coefficient (Wildman–Crippen LogP) is 1.98. The van der Waals surface area contributed by atoms with E-state index in [9.17, 15) is 9.18 Å². The number of halogens is 1. The van der Waals surface area contributed by atoms with E-state index in [0.717, 1.165) is 0 Å². The molecule has 0 aliphatic carbocycles. The standard InChI is InChI=1S/C15H20FNO3/c1-15(2,10-18)9-17-14(19)7-5-11-4-6-13(20-3)12(16)8-11/h4-8,18H,9-10H2,1-3H3,(H,17,19)/b7-5+. The Kier molecular flexibility index (Phi) is 5.70. The van der Waals surface area contributed by atoms with E-state index in [-0.39, 0.29) is 23.7 Å². The van der Waals surface area contributed by atoms with Crippen LogP contribution in [0.4, 0.5) is 4.39 Å². The fourth-order valence-electron chi connectivity index (χ4n) is 1.40. The largest absolute Gasteiger partial charge is 0.494 e. The maximum absolute atomic E-state index is 13.4. The number of carbonyl (C=O) groups excluding carboxylic acids is 1. The highest BCUT2D eigenvalue weighted by molar-refractivity contribution is 5.91. The molecule has 0 fully saturated rings. The van der Waals surface area contributed by atoms with Gasteiger partial charge in [-0.25, -0.2) is 4.39 Å². The maximum Gasteiger partial charge on any atom is 0.244 e. The summed E-state index contributed by atoms with van der Waals surface area (Å²) in [5, 5.41) is 11.7. The number of hydrogen-bond donors (Lipinski definition) is 2. The van der Waals surface area contributed by atoms with Gasteiger partial charge in [0.2, 0.25) is 5.91 Å². The Hall–Kier alpha value is -1.88. The first kappa shape index (κ1) is 16.2. The topological polar surface area (TPSA) is 58.6 Å². The van der Waals surface area contributed by atoms with E-state index in [0.29, 0.717) is 12.1 Å². The summed E-state index contributed by atoms with van der Waals surface area (Å²) in [5.74, 6) is -0.601. The molecule has 0 heterocycles. The van der Waals surface area contributed by atoms with Gasteiger partial charge >= 0.3 is 0 Å². The van der Waals surface area contributed by atoms with Crippen LogP contribution in [0, 0.1) is 11.2 Å². The number of aliphatic hydroxyl groups is 1. The highest BCUT2D eigenvalue weighted by atomic mass is 19.1. The molecule has 2 N–H and O–H groups in total. The Balaban J connectivity index is 2.59. The van der Waals surface area contributed by atoms with Crippen molar-refractivity contribution in [3.05, 3.63) is 35.7 Å². The van der Waals surface area contributed by atoms with Gasteiger partial charge < -0.3 is 15.2 Å². The molecule has 0 saturated heterocycles. The molecule has 0 bridgehead atoms. The molecular formula is C15H20FNO3. The molecule has 0 atom stereocenters. The minimum absolute atomic E-state index is 0.0132. The molecule has 20 heavy (non-hydrogen) atoms. The number of rotatable bonds is 6. The zero-order valence-electron chi connectivity index (χ0n) is 11.9. The van der Waals surface area contributed by atoms with Crippen LogP contribution in [0.2, 0.25) is 0 Å². The summed E-state index contributed by atoms with van der Waals surface area (Å²) in [7, 11) is 1.39. The first-order valence-electron chi connectivity index (χ1n) is 6.28. The van der Waals surface area contributed by atoms with Gasteiger partial charge in [-0.1, -0.05) is 19.9 Å². The summed E-state index contributed by atoms with van der Waals surface area (Å²) in [6.07, 6.45) is 2.85. The lowest BCUT2D eigenvalue weighted by molar-refractivity contribution is -0.116. The number of methoxy groups -OCH3 is 1. The molecule has 1 aromatic carbocycles. The molecule has 4 nitrogen and oxygen atoms in total. The summed E-state index contributed by atoms with van der Waals surface area (Å²) in [5.41, 5.74) is 0.204. The number of benzene rings is 1. The predicted molar refractivity (Wildman–Crippen MR) is 75.9 cm³/mol. The molecule has 1 aromatic rings. The third kappa shape index (κ3) is 5.01. The lowest BCUT2D eigenvalue weighted by atomic mass is 9.95. The van der Waals surface area contributed by atoms with Gasteiger partial charge in [-0.15, -0.1) is 0 Å². The van der Waals surface area contributed by atoms with Crippen LogP contribution in [-0.4, -0.2) is 31.3 Å². The molecule has 0 saturated carbocycles. The van der Waals surface area contributed by atoms with Crippen LogP contribution in [0.5, 0.6) is 5.75 Å². The van der Waals surface area contributed by atoms with Crippen LogP contribution >= 0.6 is 0 Å². The van der Waals surface area contributed by atoms with Gasteiger partial charge in [0, 0.05) is 24.6 Å². The smallest absolute Gasteiger partial charge is 0.244 e. The van der Waals surface area contributed by atoms with Gasteiger partial charge in [-0.3, -0.25) is 4.79 Å². The molecule has 0 radical (unpaired) electrons. The number of nitrogens with one attached hydrogen (secondary N) is 1. The Labute approximate surface area is 118 Å². The monoisotopic (exact) mass is 281 g/mol. The molecule has 1 amide bonds. The zero-order chi connectivity index (χ0) is 15.2. The number of hydrogen-bond acceptors (Lipinski definition) is 3. The molecule has 5 heteroatoms. The van der Waals surface area contributed by atoms with Gasteiger partial charge in [0.1, 0.15) is 0 Å². The van der Waals surface area contributed by atoms with Gasteiger partial charge in [-0.2, -0.15) is 0 Å². The van der Waals surface area contributed by atoms with Crippen LogP contribution < -0.4 is 10.1 Å². The van der Waals surface area contributed by atoms with Crippen molar-refractivity contribution in [2.45, 2.75) is 13.8 Å². The van der Waals surface area contributed by atoms with Crippen LogP contribution in [0.1, 0.15) is 19.4 Å². The Morgan fingerprint density at radius 1 is 1.50 bits per heavy atom. The third-order valence-electron chi connectivity index (χ3n) is 2.77. The van der Waals surface area contributed by atoms with E-state index >= 15 is 0 Å². The van der Waals surface area contributed by atoms with Crippen molar-refractivity contribution in [3.8, 4) is 5.75 Å². The molecule has 0 spiro atoms. The number of carbonyl (C=O) groups is 1. The zero-order valence-corrected chi connectivity index (χ0v) is 11.9. The third-order valence-corrected chi connectivity index (χ3v) is 2.77. The lowest BCUT2D eigenvalue weighted by Crippen LogP contribution is -2.35. The Bertz CT molecular complexity index is 498. The highest BCUT2D eigenvalue weighted by Crippen LogP contribution is 2.18. The first-order chi connectivity index (χ1) is 9.38. The van der Waals surface area contributed by atoms with E-state index in [1.165, 1.54) is 31.4 Å². The molecule has 0 aromatic heterocycles. The number of ether oxygens (including phenoxy) is 1. The van der Waals surface area contributed by atoms with Crippen LogP contribution in [0.25, 0.3) is 6.08 Å². The minimum Gasteiger partial charge on any atom is -0.494 e. The van der Waals surface area contributed by atoms with Gasteiger partial charge in [0.25, 0.3) is 0 Å². The second-order valence-corrected chi connectivity index (χ2v) is 5.27. The summed E-state index contributed by atoms with van der Waals surface area (Å²) in [6, 6.07) is 4.45. The summed E-state index contributed by atoms with van der Waals surface area (Å²) < 4.78 is 18.2. The fourth-order valence-corrected chi connectivity index (χ4v) is 1.40. The molecule has 1 rings (SSSR count). The quantitative estimate of drug-likeness (QED) is 0.784. The second-order valence-electron chi connectivity index (χ2n) is 5.27. The van der Waals surface area contributed by atoms with E-state index in [1.54, 1.807) is 6.07 Å². The van der Waals surface area contributed by atoms with E-state index < -0.39 is 5.82 Å². The van der Waals surface area contributed by atoms with Gasteiger partial charge in [0.05, 0.1) is 7.11 Å². The van der Waals surface area contributed by atoms with Crippen molar-refractivity contribution in [1.82, 2.24) is 5.32 Å². The fraction of sp³-hybridized carbons (Fsp3) is 0.400. The van der Waals surface area contributed by atoms with Gasteiger partial charge in [0.15, 0.2) is 11.6 Å². The van der Waals surface area contributed by atoms with Crippen molar-refractivity contribution >= 4 is 12.0 Å². The number of aliphatic hydroxyl groups excluding tert-OH is 1. The molecule has 0 unspecified atom stereocenters. The van der Waals surface area contributed by atoms with Crippen molar-refractivity contribution in [2.24, 2.45) is 5.41 Å². The Morgan fingerprint density at radius 2 is 2.20 bits per heavy atom. The molecule has 110 valence electrons. The maximum atomic E-state index is 13.4. The normalized spacial score (nSPS) is 11.7. The molecule has 0 aliphatic heterocycles. The van der Waals surface area contributed by atoms with Crippen LogP contribution in [0.15, 0.2) is 24.3 Å². The summed E-state index contributed by atoms with van der Waals surface area (Å²) in [4.78, 5) is 11.6. The van der Waals surface area contributed by atoms with Crippen molar-refractivity contribution < 1.29 is 19.0 Å². The molecular weight excluding hydrogens is 261 g/mol. The van der Waals surface area contributed by atoms with E-state index in [4.69, 9.17) is 9.84 Å². The van der Waals surface area contributed by atoms with Crippen molar-refractivity contribution in [1.29, 1.82) is 0 Å². The number of amides is 1. The summed E-state index contributed by atoms with van der Waals surface area (Å²) >= 11 is 0. The van der Waals surface area contributed by atoms with Gasteiger partial charge in [-0.05, 0) is 23.8 Å². The van der Waals surface area contributed by atoms with Crippen LogP contribution in [-0.2, 0) is 4.79 Å². The average Bonchev–Trinajstić information content (AvgIpc) is 2.43. The minimum atomic E-state index is -0.475. The van der Waals surface area contributed by atoms with Crippen molar-refractivity contribution in [3.63, 3.8) is 0 Å². The van der Waals surface area contributed by atoms with E-state index in [2.05, 4.69) is 5.32 Å². The van der Waals surface area contributed by atoms with E-state index in [1.807, 2.05) is 13.8 Å². The second kappa shape index (κ2) is 7.05. The summed E-state index contributed by atoms with van der Waals surface area (Å²) in [6.45, 7) is 4.04. The highest BCUT2D eigenvalue weighted by Gasteiger charge is 2.16. The first-order valence-corrected chi connectivity index (χ1v) is 6.28.